The van der Waals surface area contributed by atoms with Gasteiger partial charge >= 0.3 is 6.61 Å². The lowest BCUT2D eigenvalue weighted by Crippen LogP contribution is -2.27. The SMILES string of the molecule is Cn1nc(CC(=O)NCc2cccc(OC(F)F)c2)c2ccccc2c1=O. The molecule has 6 nitrogen and oxygen atoms in total. The van der Waals surface area contributed by atoms with Gasteiger partial charge in [0, 0.05) is 19.0 Å². The van der Waals surface area contributed by atoms with E-state index in [-0.39, 0.29) is 30.2 Å². The maximum atomic E-state index is 12.3. The zero-order valence-corrected chi connectivity index (χ0v) is 14.5. The van der Waals surface area contributed by atoms with Crippen molar-refractivity contribution in [1.29, 1.82) is 0 Å². The highest BCUT2D eigenvalue weighted by Gasteiger charge is 2.12. The summed E-state index contributed by atoms with van der Waals surface area (Å²) in [5.74, 6) is -0.269. The second kappa shape index (κ2) is 7.94. The van der Waals surface area contributed by atoms with Crippen molar-refractivity contribution in [2.75, 3.05) is 0 Å². The summed E-state index contributed by atoms with van der Waals surface area (Å²) < 4.78 is 30.1. The minimum atomic E-state index is -2.90. The molecule has 3 aromatic rings. The van der Waals surface area contributed by atoms with Crippen molar-refractivity contribution in [2.24, 2.45) is 7.05 Å². The molecule has 0 saturated heterocycles. The lowest BCUT2D eigenvalue weighted by atomic mass is 10.1. The predicted molar refractivity (Wildman–Crippen MR) is 95.6 cm³/mol. The molecule has 2 aromatic carbocycles. The van der Waals surface area contributed by atoms with Gasteiger partial charge in [-0.05, 0) is 23.8 Å². The molecular formula is C19H17F2N3O3. The third-order valence-corrected chi connectivity index (χ3v) is 3.97. The number of nitrogens with one attached hydrogen (secondary N) is 1. The van der Waals surface area contributed by atoms with E-state index in [1.54, 1.807) is 36.4 Å². The Kier molecular flexibility index (Phi) is 5.44. The minimum absolute atomic E-state index is 0.0120. The van der Waals surface area contributed by atoms with Crippen LogP contribution in [0.3, 0.4) is 0 Å². The largest absolute Gasteiger partial charge is 0.435 e. The van der Waals surface area contributed by atoms with Crippen molar-refractivity contribution in [3.63, 3.8) is 0 Å². The summed E-state index contributed by atoms with van der Waals surface area (Å²) in [7, 11) is 1.53. The molecule has 1 aromatic heterocycles. The smallest absolute Gasteiger partial charge is 0.387 e. The fraction of sp³-hybridized carbons (Fsp3) is 0.211. The van der Waals surface area contributed by atoms with E-state index >= 15 is 0 Å². The van der Waals surface area contributed by atoms with Crippen LogP contribution in [0.15, 0.2) is 53.3 Å². The van der Waals surface area contributed by atoms with E-state index in [1.165, 1.54) is 23.9 Å². The molecule has 0 aliphatic carbocycles. The van der Waals surface area contributed by atoms with E-state index in [1.807, 2.05) is 0 Å². The van der Waals surface area contributed by atoms with Crippen LogP contribution in [0.5, 0.6) is 5.75 Å². The van der Waals surface area contributed by atoms with Gasteiger partial charge in [-0.3, -0.25) is 9.59 Å². The number of hydrogen-bond acceptors (Lipinski definition) is 4. The summed E-state index contributed by atoms with van der Waals surface area (Å²) in [4.78, 5) is 24.4. The van der Waals surface area contributed by atoms with Crippen LogP contribution in [0.2, 0.25) is 0 Å². The summed E-state index contributed by atoms with van der Waals surface area (Å²) in [6, 6.07) is 13.1. The number of hydrogen-bond donors (Lipinski definition) is 1. The summed E-state index contributed by atoms with van der Waals surface area (Å²) in [6.45, 7) is -2.75. The Morgan fingerprint density at radius 1 is 1.19 bits per heavy atom. The van der Waals surface area contributed by atoms with Crippen molar-refractivity contribution < 1.29 is 18.3 Å². The first-order chi connectivity index (χ1) is 12.9. The molecule has 0 radical (unpaired) electrons. The molecule has 0 unspecified atom stereocenters. The number of carbonyl (C=O) groups excluding carboxylic acids is 1. The second-order valence-corrected chi connectivity index (χ2v) is 5.90. The Hall–Kier alpha value is -3.29. The number of aromatic nitrogens is 2. The summed E-state index contributed by atoms with van der Waals surface area (Å²) >= 11 is 0. The van der Waals surface area contributed by atoms with Gasteiger partial charge in [0.05, 0.1) is 17.5 Å². The molecule has 0 aliphatic rings. The van der Waals surface area contributed by atoms with Crippen LogP contribution in [0.25, 0.3) is 10.8 Å². The van der Waals surface area contributed by atoms with Gasteiger partial charge in [-0.2, -0.15) is 13.9 Å². The number of halogens is 2. The predicted octanol–water partition coefficient (Wildman–Crippen LogP) is 2.39. The van der Waals surface area contributed by atoms with Crippen molar-refractivity contribution in [3.05, 3.63) is 70.1 Å². The third-order valence-electron chi connectivity index (χ3n) is 3.97. The fourth-order valence-electron chi connectivity index (χ4n) is 2.75. The maximum absolute atomic E-state index is 12.3. The Balaban J connectivity index is 1.71. The number of fused-ring (bicyclic) bond motifs is 1. The topological polar surface area (TPSA) is 73.2 Å². The van der Waals surface area contributed by atoms with E-state index in [0.29, 0.717) is 22.0 Å². The van der Waals surface area contributed by atoms with E-state index in [2.05, 4.69) is 15.2 Å². The van der Waals surface area contributed by atoms with Gasteiger partial charge in [-0.1, -0.05) is 30.3 Å². The van der Waals surface area contributed by atoms with Gasteiger partial charge in [0.2, 0.25) is 5.91 Å². The van der Waals surface area contributed by atoms with E-state index in [0.717, 1.165) is 0 Å². The molecule has 0 spiro atoms. The van der Waals surface area contributed by atoms with E-state index in [4.69, 9.17) is 0 Å². The third kappa shape index (κ3) is 4.46. The lowest BCUT2D eigenvalue weighted by molar-refractivity contribution is -0.120. The maximum Gasteiger partial charge on any atom is 0.387 e. The number of carbonyl (C=O) groups is 1. The molecule has 0 fully saturated rings. The number of benzene rings is 2. The van der Waals surface area contributed by atoms with E-state index < -0.39 is 6.61 Å². The van der Waals surface area contributed by atoms with Crippen LogP contribution < -0.4 is 15.6 Å². The minimum Gasteiger partial charge on any atom is -0.435 e. The van der Waals surface area contributed by atoms with Gasteiger partial charge < -0.3 is 10.1 Å². The number of amides is 1. The normalized spacial score (nSPS) is 11.0. The van der Waals surface area contributed by atoms with Crippen molar-refractivity contribution >= 4 is 16.7 Å². The molecule has 3 rings (SSSR count). The molecule has 0 bridgehead atoms. The highest BCUT2D eigenvalue weighted by molar-refractivity contribution is 5.88. The zero-order valence-electron chi connectivity index (χ0n) is 14.5. The van der Waals surface area contributed by atoms with E-state index in [9.17, 15) is 18.4 Å². The highest BCUT2D eigenvalue weighted by atomic mass is 19.3. The first-order valence-corrected chi connectivity index (χ1v) is 8.19. The molecule has 0 atom stereocenters. The first-order valence-electron chi connectivity index (χ1n) is 8.19. The van der Waals surface area contributed by atoms with Crippen LogP contribution in [-0.4, -0.2) is 22.3 Å². The second-order valence-electron chi connectivity index (χ2n) is 5.90. The standard InChI is InChI=1S/C19H17F2N3O3/c1-24-18(26)15-8-3-2-7-14(15)16(23-24)10-17(25)22-11-12-5-4-6-13(9-12)27-19(20)21/h2-9,19H,10-11H2,1H3,(H,22,25). The van der Waals surface area contributed by atoms with Crippen molar-refractivity contribution in [3.8, 4) is 5.75 Å². The summed E-state index contributed by atoms with van der Waals surface area (Å²) in [5, 5.41) is 8.02. The highest BCUT2D eigenvalue weighted by Crippen LogP contribution is 2.16. The van der Waals surface area contributed by atoms with Gasteiger partial charge in [0.1, 0.15) is 5.75 Å². The molecule has 0 aliphatic heterocycles. The number of nitrogens with zero attached hydrogens (tertiary/aromatic N) is 2. The van der Waals surface area contributed by atoms with Gasteiger partial charge in [-0.15, -0.1) is 0 Å². The molecule has 27 heavy (non-hydrogen) atoms. The van der Waals surface area contributed by atoms with Crippen LogP contribution in [0.4, 0.5) is 8.78 Å². The number of ether oxygens (including phenoxy) is 1. The molecule has 1 N–H and O–H groups in total. The quantitative estimate of drug-likeness (QED) is 0.720. The average Bonchev–Trinajstić information content (AvgIpc) is 2.64. The number of alkyl halides is 2. The molecule has 1 heterocycles. The molecular weight excluding hydrogens is 356 g/mol. The Morgan fingerprint density at radius 2 is 1.93 bits per heavy atom. The first kappa shape index (κ1) is 18.5. The van der Waals surface area contributed by atoms with Crippen LogP contribution in [0, 0.1) is 0 Å². The summed E-state index contributed by atoms with van der Waals surface area (Å²) in [5.41, 5.74) is 0.880. The Morgan fingerprint density at radius 3 is 2.67 bits per heavy atom. The Labute approximate surface area is 153 Å². The lowest BCUT2D eigenvalue weighted by Gasteiger charge is -2.10. The molecule has 1 amide bonds. The van der Waals surface area contributed by atoms with Crippen molar-refractivity contribution in [2.45, 2.75) is 19.6 Å². The van der Waals surface area contributed by atoms with Crippen LogP contribution in [-0.2, 0) is 24.8 Å². The van der Waals surface area contributed by atoms with Crippen molar-refractivity contribution in [1.82, 2.24) is 15.1 Å². The van der Waals surface area contributed by atoms with Gasteiger partial charge in [-0.25, -0.2) is 4.68 Å². The average molecular weight is 373 g/mol. The molecule has 8 heteroatoms. The van der Waals surface area contributed by atoms with Gasteiger partial charge in [0.25, 0.3) is 5.56 Å². The summed E-state index contributed by atoms with van der Waals surface area (Å²) in [6.07, 6.45) is -0.0120. The fourth-order valence-corrected chi connectivity index (χ4v) is 2.75. The zero-order chi connectivity index (χ0) is 19.4. The molecule has 140 valence electrons. The monoisotopic (exact) mass is 373 g/mol. The Bertz CT molecular complexity index is 1030. The number of aryl methyl sites for hydroxylation is 1. The van der Waals surface area contributed by atoms with Crippen LogP contribution in [0.1, 0.15) is 11.3 Å². The van der Waals surface area contributed by atoms with Crippen LogP contribution >= 0.6 is 0 Å². The molecule has 0 saturated carbocycles. The number of rotatable bonds is 6. The van der Waals surface area contributed by atoms with Gasteiger partial charge in [0.15, 0.2) is 0 Å².